The van der Waals surface area contributed by atoms with E-state index < -0.39 is 0 Å². The highest BCUT2D eigenvalue weighted by molar-refractivity contribution is 6.31. The molecule has 0 spiro atoms. The number of carbonyl (C=O) groups excluding carboxylic acids is 1. The van der Waals surface area contributed by atoms with Crippen molar-refractivity contribution in [3.8, 4) is 5.75 Å². The number of halogens is 1. The highest BCUT2D eigenvalue weighted by Crippen LogP contribution is 2.27. The molecular formula is C18H23ClN6O3. The summed E-state index contributed by atoms with van der Waals surface area (Å²) in [6.07, 6.45) is 1.53. The van der Waals surface area contributed by atoms with Gasteiger partial charge in [-0.1, -0.05) is 11.6 Å². The van der Waals surface area contributed by atoms with Gasteiger partial charge in [0.2, 0.25) is 0 Å². The summed E-state index contributed by atoms with van der Waals surface area (Å²) < 4.78 is 10.6. The summed E-state index contributed by atoms with van der Waals surface area (Å²) in [6, 6.07) is 6.56. The van der Waals surface area contributed by atoms with Gasteiger partial charge < -0.3 is 30.3 Å². The second-order valence-electron chi connectivity index (χ2n) is 6.01. The molecule has 0 saturated carbocycles. The Kier molecular flexibility index (Phi) is 7.10. The predicted molar refractivity (Wildman–Crippen MR) is 109 cm³/mol. The summed E-state index contributed by atoms with van der Waals surface area (Å²) in [4.78, 5) is 22.7. The second kappa shape index (κ2) is 9.95. The summed E-state index contributed by atoms with van der Waals surface area (Å²) in [5.74, 6) is 2.10. The standard InChI is InChI=1S/C18H23ClN6O3/c1-27-15-3-2-13(19)10-14(15)24-18(26)21-5-4-20-16-11-17(23-12-22-16)25-6-8-28-9-7-25/h2-3,10-12H,4-9H2,1H3,(H,20,22,23)(H2,21,24,26). The maximum Gasteiger partial charge on any atom is 0.319 e. The Labute approximate surface area is 168 Å². The molecule has 2 amide bonds. The molecule has 1 aliphatic rings. The average molecular weight is 407 g/mol. The largest absolute Gasteiger partial charge is 0.495 e. The SMILES string of the molecule is COc1ccc(Cl)cc1NC(=O)NCCNc1cc(N2CCOCC2)ncn1. The number of nitrogens with zero attached hydrogens (tertiary/aromatic N) is 3. The number of urea groups is 1. The van der Waals surface area contributed by atoms with E-state index in [1.807, 2.05) is 6.07 Å². The van der Waals surface area contributed by atoms with E-state index >= 15 is 0 Å². The van der Waals surface area contributed by atoms with Crippen molar-refractivity contribution < 1.29 is 14.3 Å². The second-order valence-corrected chi connectivity index (χ2v) is 6.45. The molecule has 0 aliphatic carbocycles. The molecule has 3 rings (SSSR count). The van der Waals surface area contributed by atoms with Crippen molar-refractivity contribution in [1.29, 1.82) is 0 Å². The van der Waals surface area contributed by atoms with Crippen LogP contribution < -0.4 is 25.6 Å². The molecule has 10 heteroatoms. The highest BCUT2D eigenvalue weighted by atomic mass is 35.5. The monoisotopic (exact) mass is 406 g/mol. The molecule has 1 fully saturated rings. The number of rotatable bonds is 7. The van der Waals surface area contributed by atoms with Crippen molar-refractivity contribution in [2.75, 3.05) is 62.0 Å². The van der Waals surface area contributed by atoms with Gasteiger partial charge in [-0.05, 0) is 18.2 Å². The van der Waals surface area contributed by atoms with Crippen molar-refractivity contribution in [1.82, 2.24) is 15.3 Å². The molecule has 2 aromatic rings. The Morgan fingerprint density at radius 1 is 1.25 bits per heavy atom. The molecule has 0 bridgehead atoms. The number of anilines is 3. The van der Waals surface area contributed by atoms with Gasteiger partial charge in [0.1, 0.15) is 23.7 Å². The number of hydrogen-bond acceptors (Lipinski definition) is 7. The highest BCUT2D eigenvalue weighted by Gasteiger charge is 2.13. The van der Waals surface area contributed by atoms with Crippen LogP contribution >= 0.6 is 11.6 Å². The molecule has 28 heavy (non-hydrogen) atoms. The molecule has 1 aromatic heterocycles. The van der Waals surface area contributed by atoms with E-state index in [4.69, 9.17) is 21.1 Å². The normalized spacial score (nSPS) is 13.7. The number of amides is 2. The fraction of sp³-hybridized carbons (Fsp3) is 0.389. The fourth-order valence-electron chi connectivity index (χ4n) is 2.72. The minimum atomic E-state index is -0.348. The van der Waals surface area contributed by atoms with Crippen LogP contribution in [-0.4, -0.2) is 62.5 Å². The Morgan fingerprint density at radius 3 is 2.86 bits per heavy atom. The Hall–Kier alpha value is -2.78. The number of benzene rings is 1. The molecule has 2 heterocycles. The third-order valence-corrected chi connectivity index (χ3v) is 4.35. The van der Waals surface area contributed by atoms with Gasteiger partial charge in [0.15, 0.2) is 0 Å². The van der Waals surface area contributed by atoms with Crippen molar-refractivity contribution in [2.45, 2.75) is 0 Å². The topological polar surface area (TPSA) is 101 Å². The van der Waals surface area contributed by atoms with Gasteiger partial charge in [0.05, 0.1) is 26.0 Å². The zero-order valence-electron chi connectivity index (χ0n) is 15.6. The van der Waals surface area contributed by atoms with Crippen LogP contribution in [0.3, 0.4) is 0 Å². The first kappa shape index (κ1) is 20.0. The van der Waals surface area contributed by atoms with E-state index in [1.54, 1.807) is 18.2 Å². The summed E-state index contributed by atoms with van der Waals surface area (Å²) in [6.45, 7) is 3.94. The van der Waals surface area contributed by atoms with Crippen molar-refractivity contribution in [3.63, 3.8) is 0 Å². The fourth-order valence-corrected chi connectivity index (χ4v) is 2.89. The van der Waals surface area contributed by atoms with Crippen molar-refractivity contribution in [2.24, 2.45) is 0 Å². The molecule has 0 atom stereocenters. The van der Waals surface area contributed by atoms with Gasteiger partial charge in [0.25, 0.3) is 0 Å². The molecule has 0 unspecified atom stereocenters. The number of hydrogen-bond donors (Lipinski definition) is 3. The lowest BCUT2D eigenvalue weighted by atomic mass is 10.3. The van der Waals surface area contributed by atoms with Crippen LogP contribution in [0, 0.1) is 0 Å². The summed E-state index contributed by atoms with van der Waals surface area (Å²) in [5.41, 5.74) is 0.506. The van der Waals surface area contributed by atoms with Crippen LogP contribution in [0.1, 0.15) is 0 Å². The molecule has 1 saturated heterocycles. The number of nitrogens with one attached hydrogen (secondary N) is 3. The number of carbonyl (C=O) groups is 1. The Morgan fingerprint density at radius 2 is 2.07 bits per heavy atom. The van der Waals surface area contributed by atoms with Crippen LogP contribution in [0.5, 0.6) is 5.75 Å². The van der Waals surface area contributed by atoms with E-state index in [-0.39, 0.29) is 6.03 Å². The summed E-state index contributed by atoms with van der Waals surface area (Å²) >= 11 is 5.96. The van der Waals surface area contributed by atoms with E-state index in [9.17, 15) is 4.79 Å². The average Bonchev–Trinajstić information content (AvgIpc) is 2.72. The van der Waals surface area contributed by atoms with Crippen molar-refractivity contribution in [3.05, 3.63) is 35.6 Å². The first-order valence-corrected chi connectivity index (χ1v) is 9.30. The van der Waals surface area contributed by atoms with Crippen LogP contribution in [0.2, 0.25) is 5.02 Å². The molecule has 3 N–H and O–H groups in total. The van der Waals surface area contributed by atoms with Crippen LogP contribution in [0.15, 0.2) is 30.6 Å². The first-order chi connectivity index (χ1) is 13.7. The molecule has 1 aromatic carbocycles. The molecule has 1 aliphatic heterocycles. The lowest BCUT2D eigenvalue weighted by Gasteiger charge is -2.27. The maximum absolute atomic E-state index is 12.1. The van der Waals surface area contributed by atoms with Gasteiger partial charge in [-0.3, -0.25) is 0 Å². The number of ether oxygens (including phenoxy) is 2. The van der Waals surface area contributed by atoms with Crippen LogP contribution in [-0.2, 0) is 4.74 Å². The Bertz CT molecular complexity index is 801. The summed E-state index contributed by atoms with van der Waals surface area (Å²) in [7, 11) is 1.53. The third-order valence-electron chi connectivity index (χ3n) is 4.11. The number of morpholine rings is 1. The van der Waals surface area contributed by atoms with Gasteiger partial charge in [-0.15, -0.1) is 0 Å². The van der Waals surface area contributed by atoms with E-state index in [0.29, 0.717) is 48.6 Å². The van der Waals surface area contributed by atoms with Crippen LogP contribution in [0.4, 0.5) is 22.1 Å². The Balaban J connectivity index is 1.44. The van der Waals surface area contributed by atoms with Gasteiger partial charge in [-0.2, -0.15) is 0 Å². The maximum atomic E-state index is 12.1. The van der Waals surface area contributed by atoms with E-state index in [0.717, 1.165) is 18.9 Å². The quantitative estimate of drug-likeness (QED) is 0.606. The van der Waals surface area contributed by atoms with Crippen LogP contribution in [0.25, 0.3) is 0 Å². The van der Waals surface area contributed by atoms with Gasteiger partial charge >= 0.3 is 6.03 Å². The zero-order chi connectivity index (χ0) is 19.8. The summed E-state index contributed by atoms with van der Waals surface area (Å²) in [5, 5.41) is 9.18. The van der Waals surface area contributed by atoms with E-state index in [2.05, 4.69) is 30.8 Å². The minimum absolute atomic E-state index is 0.348. The third kappa shape index (κ3) is 5.61. The number of methoxy groups -OCH3 is 1. The van der Waals surface area contributed by atoms with Gasteiger partial charge in [0, 0.05) is 37.3 Å². The molecule has 150 valence electrons. The van der Waals surface area contributed by atoms with E-state index in [1.165, 1.54) is 13.4 Å². The first-order valence-electron chi connectivity index (χ1n) is 8.92. The van der Waals surface area contributed by atoms with Gasteiger partial charge in [-0.25, -0.2) is 14.8 Å². The molecule has 0 radical (unpaired) electrons. The lowest BCUT2D eigenvalue weighted by Crippen LogP contribution is -2.36. The lowest BCUT2D eigenvalue weighted by molar-refractivity contribution is 0.122. The minimum Gasteiger partial charge on any atom is -0.495 e. The number of aromatic nitrogens is 2. The predicted octanol–water partition coefficient (Wildman–Crippen LogP) is 2.21. The molecular weight excluding hydrogens is 384 g/mol. The molecule has 9 nitrogen and oxygen atoms in total. The zero-order valence-corrected chi connectivity index (χ0v) is 16.3. The van der Waals surface area contributed by atoms with Crippen molar-refractivity contribution >= 4 is 35.0 Å². The smallest absolute Gasteiger partial charge is 0.319 e.